The van der Waals surface area contributed by atoms with Crippen LogP contribution in [0, 0.1) is 5.92 Å². The largest absolute Gasteiger partial charge is 0.479 e. The van der Waals surface area contributed by atoms with Crippen LogP contribution in [0.2, 0.25) is 0 Å². The molecule has 4 nitrogen and oxygen atoms in total. The van der Waals surface area contributed by atoms with Gasteiger partial charge in [-0.2, -0.15) is 0 Å². The predicted octanol–water partition coefficient (Wildman–Crippen LogP) is 3.39. The van der Waals surface area contributed by atoms with Crippen molar-refractivity contribution in [1.29, 1.82) is 0 Å². The molecule has 1 fully saturated rings. The fourth-order valence-corrected chi connectivity index (χ4v) is 4.02. The summed E-state index contributed by atoms with van der Waals surface area (Å²) in [5, 5.41) is 9.69. The molecule has 3 atom stereocenters. The number of aliphatic carboxylic acids is 1. The number of carboxylic acid groups (broad SMARTS) is 1. The Morgan fingerprint density at radius 3 is 2.52 bits per heavy atom. The van der Waals surface area contributed by atoms with Crippen molar-refractivity contribution in [3.63, 3.8) is 0 Å². The van der Waals surface area contributed by atoms with Gasteiger partial charge in [-0.3, -0.25) is 4.79 Å². The molecule has 1 aliphatic carbocycles. The van der Waals surface area contributed by atoms with Crippen LogP contribution < -0.4 is 0 Å². The van der Waals surface area contributed by atoms with Gasteiger partial charge in [0.2, 0.25) is 5.91 Å². The van der Waals surface area contributed by atoms with E-state index in [0.29, 0.717) is 24.8 Å². The van der Waals surface area contributed by atoms with E-state index in [1.807, 2.05) is 42.5 Å². The zero-order valence-corrected chi connectivity index (χ0v) is 14.0. The van der Waals surface area contributed by atoms with E-state index in [4.69, 9.17) is 0 Å². The minimum Gasteiger partial charge on any atom is -0.479 e. The SMILES string of the molecule is O=C(O)C1c2ccccc2CCN1C(=O)C[C@@H]1C[C@H]1c1ccccc1. The maximum atomic E-state index is 12.8. The van der Waals surface area contributed by atoms with Crippen molar-refractivity contribution >= 4 is 11.9 Å². The van der Waals surface area contributed by atoms with Crippen LogP contribution in [0.25, 0.3) is 0 Å². The van der Waals surface area contributed by atoms with Gasteiger partial charge in [0.05, 0.1) is 0 Å². The Bertz CT molecular complexity index is 802. The lowest BCUT2D eigenvalue weighted by Gasteiger charge is -2.35. The molecule has 128 valence electrons. The maximum Gasteiger partial charge on any atom is 0.331 e. The lowest BCUT2D eigenvalue weighted by molar-refractivity contribution is -0.151. The molecule has 4 heteroatoms. The van der Waals surface area contributed by atoms with E-state index in [2.05, 4.69) is 12.1 Å². The number of amides is 1. The molecular formula is C21H21NO3. The average Bonchev–Trinajstić information content (AvgIpc) is 3.40. The lowest BCUT2D eigenvalue weighted by atomic mass is 9.92. The molecule has 1 heterocycles. The number of rotatable bonds is 4. The van der Waals surface area contributed by atoms with Crippen molar-refractivity contribution in [1.82, 2.24) is 4.90 Å². The number of hydrogen-bond acceptors (Lipinski definition) is 2. The van der Waals surface area contributed by atoms with E-state index < -0.39 is 12.0 Å². The highest BCUT2D eigenvalue weighted by Gasteiger charge is 2.42. The third-order valence-electron chi connectivity index (χ3n) is 5.42. The Morgan fingerprint density at radius 1 is 1.04 bits per heavy atom. The van der Waals surface area contributed by atoms with Gasteiger partial charge >= 0.3 is 5.97 Å². The van der Waals surface area contributed by atoms with Gasteiger partial charge in [-0.25, -0.2) is 4.79 Å². The summed E-state index contributed by atoms with van der Waals surface area (Å²) in [6.45, 7) is 0.482. The standard InChI is InChI=1S/C21H21NO3/c23-19(13-16-12-18(16)14-6-2-1-3-7-14)22-11-10-15-8-4-5-9-17(15)20(22)21(24)25/h1-9,16,18,20H,10-13H2,(H,24,25)/t16-,18-,20?/m0/s1. The summed E-state index contributed by atoms with van der Waals surface area (Å²) < 4.78 is 0. The second-order valence-corrected chi connectivity index (χ2v) is 6.99. The smallest absolute Gasteiger partial charge is 0.331 e. The number of benzene rings is 2. The average molecular weight is 335 g/mol. The van der Waals surface area contributed by atoms with Gasteiger partial charge in [-0.15, -0.1) is 0 Å². The number of fused-ring (bicyclic) bond motifs is 1. The van der Waals surface area contributed by atoms with Gasteiger partial charge in [0.15, 0.2) is 6.04 Å². The van der Waals surface area contributed by atoms with Crippen LogP contribution in [0.15, 0.2) is 54.6 Å². The van der Waals surface area contributed by atoms with Gasteiger partial charge < -0.3 is 10.0 Å². The van der Waals surface area contributed by atoms with Crippen molar-refractivity contribution < 1.29 is 14.7 Å². The molecule has 0 aromatic heterocycles. The van der Waals surface area contributed by atoms with Crippen molar-refractivity contribution in [2.24, 2.45) is 5.92 Å². The number of nitrogens with zero attached hydrogens (tertiary/aromatic N) is 1. The quantitative estimate of drug-likeness (QED) is 0.932. The molecule has 1 aliphatic heterocycles. The third-order valence-corrected chi connectivity index (χ3v) is 5.42. The van der Waals surface area contributed by atoms with Crippen LogP contribution in [0.1, 0.15) is 41.5 Å². The van der Waals surface area contributed by atoms with Gasteiger partial charge in [0.25, 0.3) is 0 Å². The van der Waals surface area contributed by atoms with E-state index in [1.165, 1.54) is 5.56 Å². The molecule has 0 spiro atoms. The van der Waals surface area contributed by atoms with Crippen LogP contribution >= 0.6 is 0 Å². The summed E-state index contributed by atoms with van der Waals surface area (Å²) in [5.41, 5.74) is 3.07. The summed E-state index contributed by atoms with van der Waals surface area (Å²) in [6, 6.07) is 16.9. The second kappa shape index (κ2) is 6.36. The number of hydrogen-bond donors (Lipinski definition) is 1. The molecule has 1 amide bonds. The summed E-state index contributed by atoms with van der Waals surface area (Å²) in [4.78, 5) is 26.2. The first kappa shape index (κ1) is 15.9. The molecule has 1 N–H and O–H groups in total. The summed E-state index contributed by atoms with van der Waals surface area (Å²) >= 11 is 0. The molecule has 0 radical (unpaired) electrons. The number of carbonyl (C=O) groups is 2. The van der Waals surface area contributed by atoms with Crippen LogP contribution in [0.5, 0.6) is 0 Å². The Labute approximate surface area is 147 Å². The number of carbonyl (C=O) groups excluding carboxylic acids is 1. The molecule has 0 bridgehead atoms. The van der Waals surface area contributed by atoms with E-state index in [9.17, 15) is 14.7 Å². The normalized spacial score (nSPS) is 24.5. The highest BCUT2D eigenvalue weighted by Crippen LogP contribution is 2.50. The van der Waals surface area contributed by atoms with Crippen LogP contribution in [-0.2, 0) is 16.0 Å². The fourth-order valence-electron chi connectivity index (χ4n) is 4.02. The van der Waals surface area contributed by atoms with Gasteiger partial charge in [0, 0.05) is 13.0 Å². The first-order valence-corrected chi connectivity index (χ1v) is 8.80. The van der Waals surface area contributed by atoms with E-state index in [0.717, 1.165) is 24.0 Å². The predicted molar refractivity (Wildman–Crippen MR) is 94.1 cm³/mol. The van der Waals surface area contributed by atoms with E-state index in [1.54, 1.807) is 4.90 Å². The molecule has 2 aromatic carbocycles. The highest BCUT2D eigenvalue weighted by molar-refractivity contribution is 5.86. The first-order chi connectivity index (χ1) is 12.1. The van der Waals surface area contributed by atoms with Crippen LogP contribution in [-0.4, -0.2) is 28.4 Å². The zero-order chi connectivity index (χ0) is 17.4. The summed E-state index contributed by atoms with van der Waals surface area (Å²) in [6.07, 6.45) is 2.17. The molecule has 2 aromatic rings. The first-order valence-electron chi connectivity index (χ1n) is 8.80. The van der Waals surface area contributed by atoms with Gasteiger partial charge in [0.1, 0.15) is 0 Å². The molecule has 1 saturated carbocycles. The van der Waals surface area contributed by atoms with Crippen molar-refractivity contribution in [2.75, 3.05) is 6.54 Å². The van der Waals surface area contributed by atoms with Crippen molar-refractivity contribution in [3.05, 3.63) is 71.3 Å². The molecule has 2 aliphatic rings. The van der Waals surface area contributed by atoms with Gasteiger partial charge in [-0.05, 0) is 41.4 Å². The minimum absolute atomic E-state index is 0.0367. The minimum atomic E-state index is -0.948. The Balaban J connectivity index is 1.48. The maximum absolute atomic E-state index is 12.8. The summed E-state index contributed by atoms with van der Waals surface area (Å²) in [5.74, 6) is -0.215. The second-order valence-electron chi connectivity index (χ2n) is 6.99. The van der Waals surface area contributed by atoms with Crippen LogP contribution in [0.4, 0.5) is 0 Å². The molecule has 0 saturated heterocycles. The zero-order valence-electron chi connectivity index (χ0n) is 14.0. The Kier molecular flexibility index (Phi) is 4.04. The fraction of sp³-hybridized carbons (Fsp3) is 0.333. The topological polar surface area (TPSA) is 57.6 Å². The van der Waals surface area contributed by atoms with E-state index in [-0.39, 0.29) is 5.91 Å². The van der Waals surface area contributed by atoms with Crippen molar-refractivity contribution in [3.8, 4) is 0 Å². The monoisotopic (exact) mass is 335 g/mol. The third kappa shape index (κ3) is 3.04. The molecule has 25 heavy (non-hydrogen) atoms. The molecule has 4 rings (SSSR count). The lowest BCUT2D eigenvalue weighted by Crippen LogP contribution is -2.43. The summed E-state index contributed by atoms with van der Waals surface area (Å²) in [7, 11) is 0. The van der Waals surface area contributed by atoms with Gasteiger partial charge in [-0.1, -0.05) is 54.6 Å². The van der Waals surface area contributed by atoms with Crippen molar-refractivity contribution in [2.45, 2.75) is 31.2 Å². The van der Waals surface area contributed by atoms with Crippen LogP contribution in [0.3, 0.4) is 0 Å². The highest BCUT2D eigenvalue weighted by atomic mass is 16.4. The Hall–Kier alpha value is -2.62. The Morgan fingerprint density at radius 2 is 1.76 bits per heavy atom. The molecule has 1 unspecified atom stereocenters. The molecular weight excluding hydrogens is 314 g/mol. The van der Waals surface area contributed by atoms with E-state index >= 15 is 0 Å². The number of carboxylic acids is 1.